The minimum Gasteiger partial charge on any atom is -0.354 e. The first-order valence-corrected chi connectivity index (χ1v) is 9.29. The van der Waals surface area contributed by atoms with Crippen LogP contribution in [0.4, 0.5) is 5.95 Å². The van der Waals surface area contributed by atoms with Gasteiger partial charge in [-0.25, -0.2) is 23.1 Å². The molecule has 7 heteroatoms. The third-order valence-electron chi connectivity index (χ3n) is 4.09. The second-order valence-electron chi connectivity index (χ2n) is 6.90. The fourth-order valence-corrected chi connectivity index (χ4v) is 3.53. The van der Waals surface area contributed by atoms with E-state index in [4.69, 9.17) is 0 Å². The number of rotatable bonds is 5. The van der Waals surface area contributed by atoms with Crippen molar-refractivity contribution in [2.24, 2.45) is 5.92 Å². The minimum absolute atomic E-state index is 0.0634. The van der Waals surface area contributed by atoms with Crippen molar-refractivity contribution >= 4 is 16.0 Å². The van der Waals surface area contributed by atoms with Gasteiger partial charge < -0.3 is 5.32 Å². The van der Waals surface area contributed by atoms with Crippen LogP contribution in [0.2, 0.25) is 0 Å². The molecule has 0 aromatic carbocycles. The maximum Gasteiger partial charge on any atom is 0.222 e. The van der Waals surface area contributed by atoms with Gasteiger partial charge in [0.1, 0.15) is 0 Å². The van der Waals surface area contributed by atoms with Gasteiger partial charge in [0.2, 0.25) is 16.0 Å². The summed E-state index contributed by atoms with van der Waals surface area (Å²) in [5.41, 5.74) is 0. The predicted molar refractivity (Wildman–Crippen MR) is 88.1 cm³/mol. The van der Waals surface area contributed by atoms with Crippen molar-refractivity contribution < 1.29 is 8.42 Å². The van der Waals surface area contributed by atoms with Gasteiger partial charge in [-0.2, -0.15) is 0 Å². The maximum atomic E-state index is 12.2. The molecular formula is C15H26N4O2S. The van der Waals surface area contributed by atoms with Crippen LogP contribution < -0.4 is 10.0 Å². The van der Waals surface area contributed by atoms with Crippen LogP contribution in [-0.2, 0) is 10.0 Å². The van der Waals surface area contributed by atoms with E-state index in [1.807, 2.05) is 0 Å². The molecule has 2 rings (SSSR count). The molecule has 0 aliphatic heterocycles. The molecule has 0 atom stereocenters. The maximum absolute atomic E-state index is 12.2. The van der Waals surface area contributed by atoms with Crippen LogP contribution in [0.25, 0.3) is 0 Å². The predicted octanol–water partition coefficient (Wildman–Crippen LogP) is 2.17. The number of sulfonamides is 1. The van der Waals surface area contributed by atoms with Crippen molar-refractivity contribution in [1.29, 1.82) is 0 Å². The standard InChI is InChI=1S/C15H26N4O2S/c1-15(2,3)22(20,21)19-13-7-5-12(6-8-13)11-18-14-16-9-4-10-17-14/h4,9-10,12-13,19H,5-8,11H2,1-3H3,(H,16,17,18)/t12-,13-. The van der Waals surface area contributed by atoms with Crippen LogP contribution >= 0.6 is 0 Å². The monoisotopic (exact) mass is 326 g/mol. The average Bonchev–Trinajstić information content (AvgIpc) is 2.46. The molecule has 0 spiro atoms. The Bertz CT molecular complexity index is 561. The molecule has 22 heavy (non-hydrogen) atoms. The minimum atomic E-state index is -3.26. The molecule has 6 nitrogen and oxygen atoms in total. The van der Waals surface area contributed by atoms with Crippen LogP contribution in [0.15, 0.2) is 18.5 Å². The summed E-state index contributed by atoms with van der Waals surface area (Å²) < 4.78 is 26.4. The first-order chi connectivity index (χ1) is 10.3. The van der Waals surface area contributed by atoms with E-state index in [-0.39, 0.29) is 6.04 Å². The summed E-state index contributed by atoms with van der Waals surface area (Å²) in [6.45, 7) is 6.02. The van der Waals surface area contributed by atoms with Crippen molar-refractivity contribution in [1.82, 2.24) is 14.7 Å². The van der Waals surface area contributed by atoms with E-state index in [0.29, 0.717) is 11.9 Å². The van der Waals surface area contributed by atoms with Crippen molar-refractivity contribution in [3.05, 3.63) is 18.5 Å². The highest BCUT2D eigenvalue weighted by Crippen LogP contribution is 2.26. The Balaban J connectivity index is 1.76. The Morgan fingerprint density at radius 2 is 1.73 bits per heavy atom. The Labute approximate surface area is 133 Å². The van der Waals surface area contributed by atoms with E-state index in [2.05, 4.69) is 20.0 Å². The van der Waals surface area contributed by atoms with Gasteiger partial charge in [-0.05, 0) is 58.4 Å². The lowest BCUT2D eigenvalue weighted by molar-refractivity contribution is 0.322. The van der Waals surface area contributed by atoms with Gasteiger partial charge in [0.15, 0.2) is 0 Å². The van der Waals surface area contributed by atoms with Crippen LogP contribution in [-0.4, -0.2) is 35.7 Å². The fourth-order valence-electron chi connectivity index (χ4n) is 2.51. The highest BCUT2D eigenvalue weighted by molar-refractivity contribution is 7.90. The summed E-state index contributed by atoms with van der Waals surface area (Å²) in [6, 6.07) is 1.85. The van der Waals surface area contributed by atoms with Gasteiger partial charge in [-0.3, -0.25) is 0 Å². The zero-order valence-electron chi connectivity index (χ0n) is 13.5. The molecule has 1 aromatic rings. The molecule has 1 aliphatic rings. The molecule has 1 saturated carbocycles. The highest BCUT2D eigenvalue weighted by atomic mass is 32.2. The lowest BCUT2D eigenvalue weighted by Gasteiger charge is -2.31. The fraction of sp³-hybridized carbons (Fsp3) is 0.733. The zero-order valence-corrected chi connectivity index (χ0v) is 14.4. The second-order valence-corrected chi connectivity index (χ2v) is 9.37. The molecule has 0 amide bonds. The number of aromatic nitrogens is 2. The smallest absolute Gasteiger partial charge is 0.222 e. The second kappa shape index (κ2) is 6.91. The number of nitrogens with one attached hydrogen (secondary N) is 2. The molecule has 0 saturated heterocycles. The summed E-state index contributed by atoms with van der Waals surface area (Å²) in [4.78, 5) is 8.28. The molecule has 0 bridgehead atoms. The van der Waals surface area contributed by atoms with Crippen molar-refractivity contribution in [3.63, 3.8) is 0 Å². The lowest BCUT2D eigenvalue weighted by Crippen LogP contribution is -2.46. The third-order valence-corrected chi connectivity index (χ3v) is 6.35. The van der Waals surface area contributed by atoms with E-state index in [0.717, 1.165) is 32.2 Å². The molecule has 0 unspecified atom stereocenters. The molecule has 124 valence electrons. The van der Waals surface area contributed by atoms with Gasteiger partial charge >= 0.3 is 0 Å². The van der Waals surface area contributed by atoms with Crippen LogP contribution in [0, 0.1) is 5.92 Å². The van der Waals surface area contributed by atoms with E-state index in [9.17, 15) is 8.42 Å². The van der Waals surface area contributed by atoms with Crippen molar-refractivity contribution in [3.8, 4) is 0 Å². The van der Waals surface area contributed by atoms with Gasteiger partial charge in [0.25, 0.3) is 0 Å². The van der Waals surface area contributed by atoms with E-state index < -0.39 is 14.8 Å². The van der Waals surface area contributed by atoms with E-state index in [1.54, 1.807) is 39.2 Å². The number of nitrogens with zero attached hydrogens (tertiary/aromatic N) is 2. The van der Waals surface area contributed by atoms with Crippen molar-refractivity contribution in [2.45, 2.75) is 57.2 Å². The van der Waals surface area contributed by atoms with Gasteiger partial charge in [0, 0.05) is 25.0 Å². The molecule has 1 heterocycles. The Hall–Kier alpha value is -1.21. The SMILES string of the molecule is CC(C)(C)S(=O)(=O)N[C@H]1CC[C@H](CNc2ncccn2)CC1. The largest absolute Gasteiger partial charge is 0.354 e. The lowest BCUT2D eigenvalue weighted by atomic mass is 9.86. The molecular weight excluding hydrogens is 300 g/mol. The van der Waals surface area contributed by atoms with E-state index in [1.165, 1.54) is 0 Å². The van der Waals surface area contributed by atoms with Crippen LogP contribution in [0.3, 0.4) is 0 Å². The normalized spacial score (nSPS) is 23.2. The summed E-state index contributed by atoms with van der Waals surface area (Å²) >= 11 is 0. The Kier molecular flexibility index (Phi) is 5.39. The Morgan fingerprint density at radius 3 is 2.27 bits per heavy atom. The first-order valence-electron chi connectivity index (χ1n) is 7.81. The number of hydrogen-bond donors (Lipinski definition) is 2. The molecule has 0 radical (unpaired) electrons. The van der Waals surface area contributed by atoms with Gasteiger partial charge in [-0.1, -0.05) is 0 Å². The Morgan fingerprint density at radius 1 is 1.14 bits per heavy atom. The molecule has 1 aromatic heterocycles. The summed E-state index contributed by atoms with van der Waals surface area (Å²) in [5.74, 6) is 1.19. The van der Waals surface area contributed by atoms with Crippen LogP contribution in [0.1, 0.15) is 46.5 Å². The van der Waals surface area contributed by atoms with E-state index >= 15 is 0 Å². The van der Waals surface area contributed by atoms with Crippen molar-refractivity contribution in [2.75, 3.05) is 11.9 Å². The molecule has 2 N–H and O–H groups in total. The number of anilines is 1. The summed E-state index contributed by atoms with van der Waals surface area (Å²) in [6.07, 6.45) is 7.23. The third kappa shape index (κ3) is 4.64. The first kappa shape index (κ1) is 17.1. The van der Waals surface area contributed by atoms with Gasteiger partial charge in [0.05, 0.1) is 4.75 Å². The molecule has 1 aliphatic carbocycles. The topological polar surface area (TPSA) is 84.0 Å². The summed E-state index contributed by atoms with van der Waals surface area (Å²) in [5, 5.41) is 3.24. The zero-order chi connectivity index (χ0) is 16.2. The number of hydrogen-bond acceptors (Lipinski definition) is 5. The van der Waals surface area contributed by atoms with Crippen LogP contribution in [0.5, 0.6) is 0 Å². The van der Waals surface area contributed by atoms with Gasteiger partial charge in [-0.15, -0.1) is 0 Å². The highest BCUT2D eigenvalue weighted by Gasteiger charge is 2.32. The average molecular weight is 326 g/mol. The molecule has 1 fully saturated rings. The quantitative estimate of drug-likeness (QED) is 0.866. The summed E-state index contributed by atoms with van der Waals surface area (Å²) in [7, 11) is -3.26.